The molecule has 4 rings (SSSR count). The van der Waals surface area contributed by atoms with E-state index >= 15 is 0 Å². The van der Waals surface area contributed by atoms with Crippen LogP contribution in [0.5, 0.6) is 0 Å². The van der Waals surface area contributed by atoms with Crippen molar-refractivity contribution in [3.8, 4) is 0 Å². The number of fused-ring (bicyclic) bond motifs is 2. The second-order valence-corrected chi connectivity index (χ2v) is 9.03. The maximum absolute atomic E-state index is 13.1. The van der Waals surface area contributed by atoms with Crippen LogP contribution in [0.4, 0.5) is 0 Å². The summed E-state index contributed by atoms with van der Waals surface area (Å²) in [7, 11) is 0. The van der Waals surface area contributed by atoms with Gasteiger partial charge in [-0.25, -0.2) is 9.59 Å². The highest BCUT2D eigenvalue weighted by atomic mass is 16.6. The Bertz CT molecular complexity index is 866. The van der Waals surface area contributed by atoms with Crippen LogP contribution in [0.3, 0.4) is 0 Å². The number of benzene rings is 1. The van der Waals surface area contributed by atoms with Gasteiger partial charge in [-0.1, -0.05) is 25.0 Å². The molecule has 0 bridgehead atoms. The van der Waals surface area contributed by atoms with Gasteiger partial charge < -0.3 is 14.4 Å². The zero-order valence-corrected chi connectivity index (χ0v) is 18.2. The molecule has 0 atom stereocenters. The van der Waals surface area contributed by atoms with Crippen LogP contribution < -0.4 is 0 Å². The average Bonchev–Trinajstić information content (AvgIpc) is 3.30. The third-order valence-electron chi connectivity index (χ3n) is 7.16. The average molecular weight is 414 g/mol. The van der Waals surface area contributed by atoms with Gasteiger partial charge in [-0.05, 0) is 67.2 Å². The lowest BCUT2D eigenvalue weighted by molar-refractivity contribution is -0.180. The Hall–Kier alpha value is -2.37. The molecule has 1 fully saturated rings. The Balaban J connectivity index is 1.77. The van der Waals surface area contributed by atoms with Crippen molar-refractivity contribution >= 4 is 17.8 Å². The van der Waals surface area contributed by atoms with Crippen molar-refractivity contribution in [2.45, 2.75) is 77.8 Å². The number of carbonyl (C=O) groups is 3. The first-order chi connectivity index (χ1) is 14.3. The van der Waals surface area contributed by atoms with Crippen LogP contribution in [-0.2, 0) is 49.7 Å². The molecule has 0 N–H and O–H groups in total. The number of hydrogen-bond acceptors (Lipinski definition) is 5. The number of amides is 1. The number of nitrogens with zero attached hydrogens (tertiary/aromatic N) is 1. The van der Waals surface area contributed by atoms with Crippen molar-refractivity contribution in [2.75, 3.05) is 13.2 Å². The standard InChI is InChI=1S/C24H31NO5/c1-4-29-21(27)24(22(28)30-5-2)14-19-10-17-12-23(8-6-7-9-23)13-18(17)11-20(19)15-25(24)16(3)26/h10-11H,4-9,12-15H2,1-3H3. The largest absolute Gasteiger partial charge is 0.464 e. The van der Waals surface area contributed by atoms with Crippen LogP contribution in [0.25, 0.3) is 0 Å². The Morgan fingerprint density at radius 1 is 0.867 bits per heavy atom. The van der Waals surface area contributed by atoms with Gasteiger partial charge in [-0.2, -0.15) is 0 Å². The molecule has 1 saturated carbocycles. The number of esters is 2. The molecule has 0 radical (unpaired) electrons. The molecule has 162 valence electrons. The van der Waals surface area contributed by atoms with Crippen molar-refractivity contribution < 1.29 is 23.9 Å². The lowest BCUT2D eigenvalue weighted by atomic mass is 9.81. The van der Waals surface area contributed by atoms with E-state index in [1.807, 2.05) is 0 Å². The predicted octanol–water partition coefficient (Wildman–Crippen LogP) is 3.12. The fourth-order valence-electron chi connectivity index (χ4n) is 5.79. The van der Waals surface area contributed by atoms with Gasteiger partial charge in [0.2, 0.25) is 11.4 Å². The van der Waals surface area contributed by atoms with E-state index in [1.54, 1.807) is 13.8 Å². The molecule has 1 aromatic carbocycles. The van der Waals surface area contributed by atoms with Gasteiger partial charge in [0.05, 0.1) is 13.2 Å². The van der Waals surface area contributed by atoms with E-state index < -0.39 is 17.5 Å². The second kappa shape index (κ2) is 7.71. The van der Waals surface area contributed by atoms with Crippen LogP contribution in [0.2, 0.25) is 0 Å². The molecular weight excluding hydrogens is 382 g/mol. The zero-order chi connectivity index (χ0) is 21.5. The summed E-state index contributed by atoms with van der Waals surface area (Å²) < 4.78 is 10.6. The number of hydrogen-bond donors (Lipinski definition) is 0. The fraction of sp³-hybridized carbons (Fsp3) is 0.625. The minimum atomic E-state index is -1.76. The Kier molecular flexibility index (Phi) is 5.37. The van der Waals surface area contributed by atoms with Crippen LogP contribution >= 0.6 is 0 Å². The number of carbonyl (C=O) groups excluding carboxylic acids is 3. The zero-order valence-electron chi connectivity index (χ0n) is 18.2. The maximum atomic E-state index is 13.1. The first-order valence-corrected chi connectivity index (χ1v) is 11.1. The molecule has 2 aliphatic carbocycles. The third-order valence-corrected chi connectivity index (χ3v) is 7.16. The van der Waals surface area contributed by atoms with E-state index in [0.717, 1.165) is 24.0 Å². The maximum Gasteiger partial charge on any atom is 0.344 e. The summed E-state index contributed by atoms with van der Waals surface area (Å²) in [5, 5.41) is 0. The Morgan fingerprint density at radius 2 is 1.37 bits per heavy atom. The lowest BCUT2D eigenvalue weighted by Crippen LogP contribution is -2.65. The van der Waals surface area contributed by atoms with Crippen molar-refractivity contribution in [1.82, 2.24) is 4.90 Å². The minimum Gasteiger partial charge on any atom is -0.464 e. The van der Waals surface area contributed by atoms with Gasteiger partial charge in [0.25, 0.3) is 0 Å². The summed E-state index contributed by atoms with van der Waals surface area (Å²) in [5.41, 5.74) is 3.27. The molecule has 1 spiro atoms. The molecule has 1 amide bonds. The lowest BCUT2D eigenvalue weighted by Gasteiger charge is -2.43. The van der Waals surface area contributed by atoms with E-state index in [0.29, 0.717) is 5.41 Å². The van der Waals surface area contributed by atoms with Gasteiger partial charge in [0.1, 0.15) is 0 Å². The number of rotatable bonds is 4. The monoisotopic (exact) mass is 413 g/mol. The minimum absolute atomic E-state index is 0.0971. The highest BCUT2D eigenvalue weighted by Crippen LogP contribution is 2.50. The van der Waals surface area contributed by atoms with Crippen LogP contribution in [-0.4, -0.2) is 41.5 Å². The molecule has 0 unspecified atom stereocenters. The Labute approximate surface area is 177 Å². The van der Waals surface area contributed by atoms with E-state index in [9.17, 15) is 14.4 Å². The van der Waals surface area contributed by atoms with E-state index in [1.165, 1.54) is 48.6 Å². The quantitative estimate of drug-likeness (QED) is 0.560. The first kappa shape index (κ1) is 20.9. The van der Waals surface area contributed by atoms with Crippen molar-refractivity contribution in [3.63, 3.8) is 0 Å². The molecule has 0 aromatic heterocycles. The molecular formula is C24H31NO5. The molecule has 3 aliphatic rings. The SMILES string of the molecule is CCOC(=O)C1(C(=O)OCC)Cc2cc3c(cc2CN1C(C)=O)CC1(CCCC1)C3. The summed E-state index contributed by atoms with van der Waals surface area (Å²) in [6.07, 6.45) is 7.37. The second-order valence-electron chi connectivity index (χ2n) is 9.03. The first-order valence-electron chi connectivity index (χ1n) is 11.1. The van der Waals surface area contributed by atoms with E-state index in [2.05, 4.69) is 12.1 Å². The topological polar surface area (TPSA) is 72.9 Å². The summed E-state index contributed by atoms with van der Waals surface area (Å²) in [6.45, 7) is 5.25. The van der Waals surface area contributed by atoms with E-state index in [-0.39, 0.29) is 32.1 Å². The highest BCUT2D eigenvalue weighted by molar-refractivity contribution is 6.08. The summed E-state index contributed by atoms with van der Waals surface area (Å²) in [6, 6.07) is 4.37. The number of ether oxygens (including phenoxy) is 2. The fourth-order valence-corrected chi connectivity index (χ4v) is 5.79. The Morgan fingerprint density at radius 3 is 1.87 bits per heavy atom. The summed E-state index contributed by atoms with van der Waals surface area (Å²) in [5.74, 6) is -1.76. The molecule has 1 aromatic rings. The van der Waals surface area contributed by atoms with Crippen molar-refractivity contribution in [1.29, 1.82) is 0 Å². The third kappa shape index (κ3) is 3.21. The summed E-state index contributed by atoms with van der Waals surface area (Å²) in [4.78, 5) is 40.1. The van der Waals surface area contributed by atoms with Gasteiger partial charge in [0, 0.05) is 19.9 Å². The van der Waals surface area contributed by atoms with Crippen LogP contribution in [0, 0.1) is 5.41 Å². The van der Waals surface area contributed by atoms with Gasteiger partial charge in [-0.15, -0.1) is 0 Å². The van der Waals surface area contributed by atoms with Gasteiger partial charge >= 0.3 is 11.9 Å². The predicted molar refractivity (Wildman–Crippen MR) is 111 cm³/mol. The van der Waals surface area contributed by atoms with Gasteiger partial charge in [0.15, 0.2) is 0 Å². The molecule has 6 nitrogen and oxygen atoms in total. The molecule has 0 saturated heterocycles. The smallest absolute Gasteiger partial charge is 0.344 e. The molecule has 1 aliphatic heterocycles. The summed E-state index contributed by atoms with van der Waals surface area (Å²) >= 11 is 0. The van der Waals surface area contributed by atoms with Crippen molar-refractivity contribution in [3.05, 3.63) is 34.4 Å². The van der Waals surface area contributed by atoms with Crippen LogP contribution in [0.1, 0.15) is 68.7 Å². The highest BCUT2D eigenvalue weighted by Gasteiger charge is 2.57. The van der Waals surface area contributed by atoms with E-state index in [4.69, 9.17) is 9.47 Å². The molecule has 6 heteroatoms. The van der Waals surface area contributed by atoms with Crippen LogP contribution in [0.15, 0.2) is 12.1 Å². The molecule has 1 heterocycles. The normalized spacial score (nSPS) is 20.6. The van der Waals surface area contributed by atoms with Crippen molar-refractivity contribution in [2.24, 2.45) is 5.41 Å². The van der Waals surface area contributed by atoms with Gasteiger partial charge in [-0.3, -0.25) is 4.79 Å². The molecule has 30 heavy (non-hydrogen) atoms.